The standard InChI is InChI=1S/C18H22N2OS/c21-18(12-17-8-5-11-22-17)19-13-15-6-1-2-7-16(15)14-20-9-3-4-10-20/h1-2,5-8,11H,3-4,9-10,12-14H2,(H,19,21). The van der Waals surface area contributed by atoms with Crippen LogP contribution in [-0.4, -0.2) is 23.9 Å². The van der Waals surface area contributed by atoms with Crippen molar-refractivity contribution in [1.29, 1.82) is 0 Å². The van der Waals surface area contributed by atoms with Gasteiger partial charge in [0.25, 0.3) is 0 Å². The Labute approximate surface area is 136 Å². The summed E-state index contributed by atoms with van der Waals surface area (Å²) in [6.07, 6.45) is 3.09. The summed E-state index contributed by atoms with van der Waals surface area (Å²) in [7, 11) is 0. The Morgan fingerprint density at radius 2 is 1.86 bits per heavy atom. The molecule has 1 aliphatic heterocycles. The molecule has 3 rings (SSSR count). The molecule has 1 aliphatic rings. The Bertz CT molecular complexity index is 603. The molecule has 0 aliphatic carbocycles. The molecular formula is C18H22N2OS. The van der Waals surface area contributed by atoms with Gasteiger partial charge in [-0.3, -0.25) is 9.69 Å². The zero-order valence-corrected chi connectivity index (χ0v) is 13.6. The summed E-state index contributed by atoms with van der Waals surface area (Å²) in [6.45, 7) is 4.00. The van der Waals surface area contributed by atoms with Crippen LogP contribution in [0.5, 0.6) is 0 Å². The number of nitrogens with one attached hydrogen (secondary N) is 1. The molecule has 1 amide bonds. The van der Waals surface area contributed by atoms with Crippen molar-refractivity contribution in [1.82, 2.24) is 10.2 Å². The Morgan fingerprint density at radius 1 is 1.09 bits per heavy atom. The number of likely N-dealkylation sites (tertiary alicyclic amines) is 1. The van der Waals surface area contributed by atoms with Crippen LogP contribution >= 0.6 is 11.3 Å². The maximum Gasteiger partial charge on any atom is 0.225 e. The van der Waals surface area contributed by atoms with Gasteiger partial charge in [-0.1, -0.05) is 30.3 Å². The van der Waals surface area contributed by atoms with Gasteiger partial charge in [-0.15, -0.1) is 11.3 Å². The minimum absolute atomic E-state index is 0.0958. The lowest BCUT2D eigenvalue weighted by Gasteiger charge is -2.17. The van der Waals surface area contributed by atoms with E-state index in [0.717, 1.165) is 11.4 Å². The summed E-state index contributed by atoms with van der Waals surface area (Å²) in [5.41, 5.74) is 2.56. The van der Waals surface area contributed by atoms with Crippen LogP contribution in [0, 0.1) is 0 Å². The lowest BCUT2D eigenvalue weighted by molar-refractivity contribution is -0.120. The summed E-state index contributed by atoms with van der Waals surface area (Å²) < 4.78 is 0. The monoisotopic (exact) mass is 314 g/mol. The summed E-state index contributed by atoms with van der Waals surface area (Å²) in [5, 5.41) is 5.06. The first kappa shape index (κ1) is 15.3. The van der Waals surface area contributed by atoms with Gasteiger partial charge in [0.15, 0.2) is 0 Å². The molecule has 3 nitrogen and oxygen atoms in total. The van der Waals surface area contributed by atoms with Crippen LogP contribution in [0.2, 0.25) is 0 Å². The lowest BCUT2D eigenvalue weighted by Crippen LogP contribution is -2.26. The van der Waals surface area contributed by atoms with Crippen molar-refractivity contribution in [2.75, 3.05) is 13.1 Å². The molecule has 0 radical (unpaired) electrons. The van der Waals surface area contributed by atoms with Gasteiger partial charge in [-0.25, -0.2) is 0 Å². The van der Waals surface area contributed by atoms with Crippen LogP contribution in [0.25, 0.3) is 0 Å². The van der Waals surface area contributed by atoms with Gasteiger partial charge < -0.3 is 5.32 Å². The van der Waals surface area contributed by atoms with Gasteiger partial charge in [0, 0.05) is 18.0 Å². The van der Waals surface area contributed by atoms with Crippen molar-refractivity contribution in [3.63, 3.8) is 0 Å². The highest BCUT2D eigenvalue weighted by molar-refractivity contribution is 7.10. The minimum atomic E-state index is 0.0958. The molecule has 2 aromatic rings. The number of carbonyl (C=O) groups is 1. The van der Waals surface area contributed by atoms with E-state index in [1.54, 1.807) is 11.3 Å². The zero-order chi connectivity index (χ0) is 15.2. The molecule has 0 spiro atoms. The second-order valence-electron chi connectivity index (χ2n) is 5.78. The van der Waals surface area contributed by atoms with Crippen LogP contribution in [0.3, 0.4) is 0 Å². The average Bonchev–Trinajstić information content (AvgIpc) is 3.20. The van der Waals surface area contributed by atoms with E-state index in [2.05, 4.69) is 28.4 Å². The van der Waals surface area contributed by atoms with Crippen LogP contribution in [-0.2, 0) is 24.3 Å². The fraction of sp³-hybridized carbons (Fsp3) is 0.389. The van der Waals surface area contributed by atoms with Crippen LogP contribution in [0.15, 0.2) is 41.8 Å². The average molecular weight is 314 g/mol. The number of hydrogen-bond donors (Lipinski definition) is 1. The Hall–Kier alpha value is -1.65. The number of thiophene rings is 1. The molecule has 116 valence electrons. The second kappa shape index (κ2) is 7.56. The predicted molar refractivity (Wildman–Crippen MR) is 90.8 cm³/mol. The molecule has 0 saturated carbocycles. The molecule has 4 heteroatoms. The molecule has 2 heterocycles. The van der Waals surface area contributed by atoms with Crippen molar-refractivity contribution in [2.24, 2.45) is 0 Å². The summed E-state index contributed by atoms with van der Waals surface area (Å²) in [6, 6.07) is 12.4. The predicted octanol–water partition coefficient (Wildman–Crippen LogP) is 3.20. The Balaban J connectivity index is 1.56. The maximum atomic E-state index is 12.0. The lowest BCUT2D eigenvalue weighted by atomic mass is 10.1. The van der Waals surface area contributed by atoms with E-state index in [9.17, 15) is 4.79 Å². The fourth-order valence-corrected chi connectivity index (χ4v) is 3.60. The maximum absolute atomic E-state index is 12.0. The molecule has 0 unspecified atom stereocenters. The quantitative estimate of drug-likeness (QED) is 0.888. The Morgan fingerprint density at radius 3 is 2.59 bits per heavy atom. The van der Waals surface area contributed by atoms with Gasteiger partial charge in [0.1, 0.15) is 0 Å². The van der Waals surface area contributed by atoms with Crippen LogP contribution < -0.4 is 5.32 Å². The molecular weight excluding hydrogens is 292 g/mol. The third-order valence-electron chi connectivity index (χ3n) is 4.10. The number of hydrogen-bond acceptors (Lipinski definition) is 3. The highest BCUT2D eigenvalue weighted by atomic mass is 32.1. The second-order valence-corrected chi connectivity index (χ2v) is 6.82. The first-order valence-corrected chi connectivity index (χ1v) is 8.77. The molecule has 1 aromatic carbocycles. The number of benzene rings is 1. The van der Waals surface area contributed by atoms with E-state index in [-0.39, 0.29) is 5.91 Å². The first-order valence-electron chi connectivity index (χ1n) is 7.89. The van der Waals surface area contributed by atoms with E-state index in [1.807, 2.05) is 23.6 Å². The molecule has 1 fully saturated rings. The van der Waals surface area contributed by atoms with Crippen molar-refractivity contribution in [3.8, 4) is 0 Å². The van der Waals surface area contributed by atoms with Gasteiger partial charge in [-0.05, 0) is 48.5 Å². The van der Waals surface area contributed by atoms with E-state index < -0.39 is 0 Å². The van der Waals surface area contributed by atoms with Gasteiger partial charge in [0.2, 0.25) is 5.91 Å². The number of nitrogens with zero attached hydrogens (tertiary/aromatic N) is 1. The van der Waals surface area contributed by atoms with Crippen molar-refractivity contribution >= 4 is 17.2 Å². The molecule has 22 heavy (non-hydrogen) atoms. The highest BCUT2D eigenvalue weighted by Crippen LogP contribution is 2.16. The van der Waals surface area contributed by atoms with Crippen LogP contribution in [0.1, 0.15) is 28.8 Å². The molecule has 1 aromatic heterocycles. The van der Waals surface area contributed by atoms with E-state index in [1.165, 1.54) is 37.1 Å². The largest absolute Gasteiger partial charge is 0.352 e. The number of amides is 1. The van der Waals surface area contributed by atoms with Crippen molar-refractivity contribution < 1.29 is 4.79 Å². The molecule has 0 bridgehead atoms. The zero-order valence-electron chi connectivity index (χ0n) is 12.8. The smallest absolute Gasteiger partial charge is 0.225 e. The van der Waals surface area contributed by atoms with Crippen molar-refractivity contribution in [3.05, 3.63) is 57.8 Å². The first-order chi connectivity index (χ1) is 10.8. The highest BCUT2D eigenvalue weighted by Gasteiger charge is 2.13. The number of carbonyl (C=O) groups excluding carboxylic acids is 1. The van der Waals surface area contributed by atoms with Gasteiger partial charge in [0.05, 0.1) is 6.42 Å². The summed E-state index contributed by atoms with van der Waals surface area (Å²) in [4.78, 5) is 15.6. The third kappa shape index (κ3) is 4.18. The SMILES string of the molecule is O=C(Cc1cccs1)NCc1ccccc1CN1CCCC1. The van der Waals surface area contributed by atoms with E-state index >= 15 is 0 Å². The fourth-order valence-electron chi connectivity index (χ4n) is 2.89. The molecule has 1 saturated heterocycles. The van der Waals surface area contributed by atoms with Gasteiger partial charge in [-0.2, -0.15) is 0 Å². The number of rotatable bonds is 6. The van der Waals surface area contributed by atoms with E-state index in [0.29, 0.717) is 13.0 Å². The van der Waals surface area contributed by atoms with Crippen molar-refractivity contribution in [2.45, 2.75) is 32.4 Å². The third-order valence-corrected chi connectivity index (χ3v) is 4.98. The normalized spacial score (nSPS) is 15.1. The Kier molecular flexibility index (Phi) is 5.24. The summed E-state index contributed by atoms with van der Waals surface area (Å²) in [5.74, 6) is 0.0958. The van der Waals surface area contributed by atoms with E-state index in [4.69, 9.17) is 0 Å². The van der Waals surface area contributed by atoms with Crippen LogP contribution in [0.4, 0.5) is 0 Å². The molecule has 0 atom stereocenters. The summed E-state index contributed by atoms with van der Waals surface area (Å²) >= 11 is 1.63. The topological polar surface area (TPSA) is 32.3 Å². The molecule has 1 N–H and O–H groups in total. The van der Waals surface area contributed by atoms with Gasteiger partial charge >= 0.3 is 0 Å². The minimum Gasteiger partial charge on any atom is -0.352 e.